The fourth-order valence-corrected chi connectivity index (χ4v) is 1.31. The van der Waals surface area contributed by atoms with Gasteiger partial charge in [-0.2, -0.15) is 0 Å². The SMILES string of the molecule is C.C.C.C.C.C.C.CN(C)CCN(C)CCN(C)CCN(C)C. The highest BCUT2D eigenvalue weighted by atomic mass is 15.2. The van der Waals surface area contributed by atoms with Crippen LogP contribution in [0.1, 0.15) is 52.0 Å². The number of nitrogens with zero attached hydrogens (tertiary/aromatic N) is 4. The van der Waals surface area contributed by atoms with Gasteiger partial charge in [-0.3, -0.25) is 0 Å². The Balaban J connectivity index is -0.0000000536. The third-order valence-electron chi connectivity index (χ3n) is 2.72. The summed E-state index contributed by atoms with van der Waals surface area (Å²) in [4.78, 5) is 9.25. The molecule has 0 aromatic heterocycles. The van der Waals surface area contributed by atoms with E-state index in [1.807, 2.05) is 0 Å². The van der Waals surface area contributed by atoms with Gasteiger partial charge < -0.3 is 19.6 Å². The standard InChI is InChI=1S/C12H30N4.7CH4/c1-13(2)7-9-15(5)11-12-16(6)10-8-14(3)4;;;;;;;/h7-12H2,1-6H3;7*1H4. The molecule has 0 aliphatic carbocycles. The first kappa shape index (κ1) is 49.5. The molecule has 0 bridgehead atoms. The van der Waals surface area contributed by atoms with Crippen molar-refractivity contribution in [1.82, 2.24) is 19.6 Å². The van der Waals surface area contributed by atoms with Crippen LogP contribution >= 0.6 is 0 Å². The Morgan fingerprint density at radius 1 is 0.348 bits per heavy atom. The summed E-state index contributed by atoms with van der Waals surface area (Å²) < 4.78 is 0. The Kier molecular flexibility index (Phi) is 64.1. The van der Waals surface area contributed by atoms with Gasteiger partial charge in [-0.1, -0.05) is 52.0 Å². The van der Waals surface area contributed by atoms with Gasteiger partial charge in [0.1, 0.15) is 0 Å². The predicted octanol–water partition coefficient (Wildman–Crippen LogP) is 4.43. The molecule has 4 heteroatoms. The van der Waals surface area contributed by atoms with E-state index in [-0.39, 0.29) is 52.0 Å². The van der Waals surface area contributed by atoms with E-state index in [1.165, 1.54) is 0 Å². The minimum Gasteiger partial charge on any atom is -0.308 e. The molecule has 0 aromatic carbocycles. The van der Waals surface area contributed by atoms with Crippen LogP contribution in [-0.4, -0.2) is 101 Å². The van der Waals surface area contributed by atoms with Crippen molar-refractivity contribution in [3.05, 3.63) is 0 Å². The third-order valence-corrected chi connectivity index (χ3v) is 2.72. The zero-order chi connectivity index (χ0) is 12.6. The largest absolute Gasteiger partial charge is 0.308 e. The van der Waals surface area contributed by atoms with Gasteiger partial charge in [0.05, 0.1) is 0 Å². The quantitative estimate of drug-likeness (QED) is 0.614. The van der Waals surface area contributed by atoms with Crippen LogP contribution < -0.4 is 0 Å². The number of hydrogen-bond acceptors (Lipinski definition) is 4. The van der Waals surface area contributed by atoms with E-state index in [0.717, 1.165) is 39.3 Å². The number of rotatable bonds is 9. The first-order chi connectivity index (χ1) is 7.41. The Labute approximate surface area is 153 Å². The van der Waals surface area contributed by atoms with Gasteiger partial charge in [0.15, 0.2) is 0 Å². The van der Waals surface area contributed by atoms with Crippen molar-refractivity contribution < 1.29 is 0 Å². The molecule has 0 atom stereocenters. The lowest BCUT2D eigenvalue weighted by molar-refractivity contribution is 0.225. The summed E-state index contributed by atoms with van der Waals surface area (Å²) in [6, 6.07) is 0. The van der Waals surface area contributed by atoms with Crippen LogP contribution in [0.25, 0.3) is 0 Å². The maximum absolute atomic E-state index is 2.40. The Hall–Kier alpha value is -0.160. The molecular formula is C19H58N4. The van der Waals surface area contributed by atoms with Crippen molar-refractivity contribution in [3.8, 4) is 0 Å². The molecule has 0 saturated heterocycles. The maximum atomic E-state index is 2.40. The molecule has 0 spiro atoms. The van der Waals surface area contributed by atoms with Gasteiger partial charge in [-0.25, -0.2) is 0 Å². The fourth-order valence-electron chi connectivity index (χ4n) is 1.31. The summed E-state index contributed by atoms with van der Waals surface area (Å²) >= 11 is 0. The van der Waals surface area contributed by atoms with Gasteiger partial charge in [0.25, 0.3) is 0 Å². The van der Waals surface area contributed by atoms with Crippen LogP contribution in [0.4, 0.5) is 0 Å². The fraction of sp³-hybridized carbons (Fsp3) is 1.00. The van der Waals surface area contributed by atoms with Crippen LogP contribution in [-0.2, 0) is 0 Å². The van der Waals surface area contributed by atoms with E-state index in [9.17, 15) is 0 Å². The molecule has 4 nitrogen and oxygen atoms in total. The second-order valence-corrected chi connectivity index (χ2v) is 5.21. The number of hydrogen-bond donors (Lipinski definition) is 0. The van der Waals surface area contributed by atoms with Gasteiger partial charge >= 0.3 is 0 Å². The normalized spacial score (nSPS) is 8.61. The number of likely N-dealkylation sites (N-methyl/N-ethyl adjacent to an activating group) is 4. The van der Waals surface area contributed by atoms with Crippen molar-refractivity contribution in [2.45, 2.75) is 52.0 Å². The van der Waals surface area contributed by atoms with E-state index in [1.54, 1.807) is 0 Å². The first-order valence-corrected chi connectivity index (χ1v) is 6.08. The molecule has 0 amide bonds. The summed E-state index contributed by atoms with van der Waals surface area (Å²) in [6.45, 7) is 6.87. The van der Waals surface area contributed by atoms with Gasteiger partial charge in [-0.05, 0) is 42.3 Å². The van der Waals surface area contributed by atoms with Crippen LogP contribution in [0.5, 0.6) is 0 Å². The van der Waals surface area contributed by atoms with Gasteiger partial charge in [-0.15, -0.1) is 0 Å². The Bertz CT molecular complexity index is 143. The molecule has 0 aromatic rings. The molecular weight excluding hydrogens is 284 g/mol. The average molecular weight is 343 g/mol. The summed E-state index contributed by atoms with van der Waals surface area (Å²) in [5.41, 5.74) is 0. The zero-order valence-corrected chi connectivity index (χ0v) is 12.0. The van der Waals surface area contributed by atoms with Gasteiger partial charge in [0, 0.05) is 39.3 Å². The third kappa shape index (κ3) is 39.0. The summed E-state index contributed by atoms with van der Waals surface area (Å²) in [6.07, 6.45) is 0. The van der Waals surface area contributed by atoms with Gasteiger partial charge in [0.2, 0.25) is 0 Å². The molecule has 0 fully saturated rings. The Morgan fingerprint density at radius 3 is 0.696 bits per heavy atom. The lowest BCUT2D eigenvalue weighted by atomic mass is 10.4. The lowest BCUT2D eigenvalue weighted by Gasteiger charge is -2.24. The maximum Gasteiger partial charge on any atom is 0.0107 e. The highest BCUT2D eigenvalue weighted by molar-refractivity contribution is 4.59. The van der Waals surface area contributed by atoms with Crippen molar-refractivity contribution in [1.29, 1.82) is 0 Å². The summed E-state index contributed by atoms with van der Waals surface area (Å²) in [5, 5.41) is 0. The van der Waals surface area contributed by atoms with Crippen molar-refractivity contribution >= 4 is 0 Å². The Morgan fingerprint density at radius 2 is 0.522 bits per heavy atom. The summed E-state index contributed by atoms with van der Waals surface area (Å²) in [5.74, 6) is 0. The second kappa shape index (κ2) is 29.8. The minimum atomic E-state index is 0. The van der Waals surface area contributed by atoms with E-state index in [2.05, 4.69) is 61.9 Å². The molecule has 0 aliphatic heterocycles. The molecule has 23 heavy (non-hydrogen) atoms. The smallest absolute Gasteiger partial charge is 0.0107 e. The predicted molar refractivity (Wildman–Crippen MR) is 119 cm³/mol. The molecule has 154 valence electrons. The molecule has 0 N–H and O–H groups in total. The van der Waals surface area contributed by atoms with Crippen molar-refractivity contribution in [2.24, 2.45) is 0 Å². The molecule has 0 aliphatic rings. The average Bonchev–Trinajstić information content (AvgIpc) is 2.20. The van der Waals surface area contributed by atoms with Crippen LogP contribution in [0.15, 0.2) is 0 Å². The molecule has 0 radical (unpaired) electrons. The zero-order valence-electron chi connectivity index (χ0n) is 12.0. The highest BCUT2D eigenvalue weighted by Crippen LogP contribution is 1.88. The van der Waals surface area contributed by atoms with Crippen LogP contribution in [0, 0.1) is 0 Å². The van der Waals surface area contributed by atoms with E-state index < -0.39 is 0 Å². The van der Waals surface area contributed by atoms with Crippen molar-refractivity contribution in [2.75, 3.05) is 81.6 Å². The van der Waals surface area contributed by atoms with E-state index in [0.29, 0.717) is 0 Å². The lowest BCUT2D eigenvalue weighted by Crippen LogP contribution is -2.37. The van der Waals surface area contributed by atoms with E-state index >= 15 is 0 Å². The second-order valence-electron chi connectivity index (χ2n) is 5.21. The topological polar surface area (TPSA) is 13.0 Å². The molecule has 0 rings (SSSR count). The highest BCUT2D eigenvalue weighted by Gasteiger charge is 2.02. The van der Waals surface area contributed by atoms with Crippen LogP contribution in [0.3, 0.4) is 0 Å². The monoisotopic (exact) mass is 342 g/mol. The summed E-state index contributed by atoms with van der Waals surface area (Å²) in [7, 11) is 12.9. The minimum absolute atomic E-state index is 0. The molecule has 0 unspecified atom stereocenters. The molecule has 0 heterocycles. The van der Waals surface area contributed by atoms with Crippen LogP contribution in [0.2, 0.25) is 0 Å². The van der Waals surface area contributed by atoms with Crippen molar-refractivity contribution in [3.63, 3.8) is 0 Å². The van der Waals surface area contributed by atoms with E-state index in [4.69, 9.17) is 0 Å². The first-order valence-electron chi connectivity index (χ1n) is 6.08. The molecule has 0 saturated carbocycles.